The Morgan fingerprint density at radius 2 is 2.04 bits per heavy atom. The van der Waals surface area contributed by atoms with E-state index in [0.717, 1.165) is 36.5 Å². The summed E-state index contributed by atoms with van der Waals surface area (Å²) in [5.74, 6) is 0.198. The van der Waals surface area contributed by atoms with Crippen LogP contribution in [0.4, 0.5) is 5.69 Å². The van der Waals surface area contributed by atoms with E-state index in [9.17, 15) is 4.79 Å². The van der Waals surface area contributed by atoms with E-state index in [-0.39, 0.29) is 5.91 Å². The summed E-state index contributed by atoms with van der Waals surface area (Å²) < 4.78 is 0. The molecule has 1 aliphatic rings. The number of likely N-dealkylation sites (tertiary alicyclic amines) is 1. The second-order valence-electron chi connectivity index (χ2n) is 6.62. The lowest BCUT2D eigenvalue weighted by molar-refractivity contribution is -0.119. The van der Waals surface area contributed by atoms with Crippen LogP contribution in [-0.2, 0) is 4.79 Å². The van der Waals surface area contributed by atoms with Crippen LogP contribution in [-0.4, -0.2) is 35.4 Å². The number of aryl methyl sites for hydroxylation is 1. The first-order chi connectivity index (χ1) is 12.2. The van der Waals surface area contributed by atoms with E-state index in [2.05, 4.69) is 28.9 Å². The highest BCUT2D eigenvalue weighted by Crippen LogP contribution is 2.30. The first kappa shape index (κ1) is 17.6. The minimum Gasteiger partial charge on any atom is -0.312 e. The van der Waals surface area contributed by atoms with Gasteiger partial charge in [0.2, 0.25) is 5.91 Å². The smallest absolute Gasteiger partial charge is 0.228 e. The molecule has 0 N–H and O–H groups in total. The Bertz CT molecular complexity index is 701. The number of carbonyl (C=O) groups is 1. The van der Waals surface area contributed by atoms with Gasteiger partial charge in [-0.2, -0.15) is 0 Å². The lowest BCUT2D eigenvalue weighted by atomic mass is 10.1. The van der Waals surface area contributed by atoms with Crippen LogP contribution in [0.3, 0.4) is 0 Å². The zero-order valence-corrected chi connectivity index (χ0v) is 15.2. The topological polar surface area (TPSA) is 36.4 Å². The number of aromatic nitrogens is 1. The zero-order chi connectivity index (χ0) is 17.6. The van der Waals surface area contributed by atoms with Crippen molar-refractivity contribution in [1.82, 2.24) is 9.88 Å². The van der Waals surface area contributed by atoms with Gasteiger partial charge in [-0.3, -0.25) is 14.7 Å². The van der Waals surface area contributed by atoms with E-state index in [1.165, 1.54) is 6.42 Å². The minimum atomic E-state index is 0.198. The van der Waals surface area contributed by atoms with E-state index >= 15 is 0 Å². The summed E-state index contributed by atoms with van der Waals surface area (Å²) in [5, 5.41) is 0. The highest BCUT2D eigenvalue weighted by atomic mass is 16.2. The lowest BCUT2D eigenvalue weighted by Crippen LogP contribution is -2.35. The Morgan fingerprint density at radius 3 is 2.76 bits per heavy atom. The molecule has 132 valence electrons. The normalized spacial score (nSPS) is 17.6. The Hall–Kier alpha value is -2.20. The van der Waals surface area contributed by atoms with Crippen molar-refractivity contribution in [2.45, 2.75) is 39.2 Å². The highest BCUT2D eigenvalue weighted by Gasteiger charge is 2.27. The molecule has 25 heavy (non-hydrogen) atoms. The number of nitrogens with zero attached hydrogens (tertiary/aromatic N) is 3. The summed E-state index contributed by atoms with van der Waals surface area (Å²) in [4.78, 5) is 21.6. The van der Waals surface area contributed by atoms with Crippen molar-refractivity contribution in [3.63, 3.8) is 0 Å². The molecule has 1 aromatic carbocycles. The summed E-state index contributed by atoms with van der Waals surface area (Å²) in [7, 11) is 0. The monoisotopic (exact) mass is 337 g/mol. The summed E-state index contributed by atoms with van der Waals surface area (Å²) in [6.07, 6.45) is 4.70. The fourth-order valence-electron chi connectivity index (χ4n) is 3.72. The molecule has 1 aromatic heterocycles. The SMILES string of the molecule is CCN(C(=O)CCN1CCC[C@H]1c1ccccn1)c1ccccc1C. The molecule has 2 heterocycles. The molecule has 0 saturated carbocycles. The van der Waals surface area contributed by atoms with Crippen LogP contribution < -0.4 is 4.90 Å². The standard InChI is InChI=1S/C21H27N3O/c1-3-24(19-11-5-4-9-17(19)2)21(25)13-16-23-15-8-12-20(23)18-10-6-7-14-22-18/h4-7,9-11,14,20H,3,8,12-13,15-16H2,1-2H3/t20-/m0/s1. The number of hydrogen-bond acceptors (Lipinski definition) is 3. The zero-order valence-electron chi connectivity index (χ0n) is 15.2. The average Bonchev–Trinajstić information content (AvgIpc) is 3.11. The Labute approximate surface area is 150 Å². The van der Waals surface area contributed by atoms with Crippen LogP contribution in [0.25, 0.3) is 0 Å². The Balaban J connectivity index is 1.64. The number of carbonyl (C=O) groups excluding carboxylic acids is 1. The molecule has 0 bridgehead atoms. The molecule has 1 atom stereocenters. The van der Waals surface area contributed by atoms with E-state index < -0.39 is 0 Å². The van der Waals surface area contributed by atoms with E-state index in [4.69, 9.17) is 0 Å². The predicted molar refractivity (Wildman–Crippen MR) is 102 cm³/mol. The number of benzene rings is 1. The molecule has 0 spiro atoms. The second-order valence-corrected chi connectivity index (χ2v) is 6.62. The molecular formula is C21H27N3O. The first-order valence-corrected chi connectivity index (χ1v) is 9.21. The van der Waals surface area contributed by atoms with Crippen LogP contribution in [0, 0.1) is 6.92 Å². The third kappa shape index (κ3) is 4.07. The van der Waals surface area contributed by atoms with Crippen LogP contribution in [0.15, 0.2) is 48.7 Å². The van der Waals surface area contributed by atoms with Crippen LogP contribution in [0.1, 0.15) is 43.5 Å². The lowest BCUT2D eigenvalue weighted by Gasteiger charge is -2.27. The molecule has 4 heteroatoms. The van der Waals surface area contributed by atoms with Crippen molar-refractivity contribution < 1.29 is 4.79 Å². The van der Waals surface area contributed by atoms with Crippen molar-refractivity contribution in [2.75, 3.05) is 24.5 Å². The third-order valence-corrected chi connectivity index (χ3v) is 5.03. The summed E-state index contributed by atoms with van der Waals surface area (Å²) in [6.45, 7) is 6.64. The number of amides is 1. The maximum Gasteiger partial charge on any atom is 0.228 e. The fourth-order valence-corrected chi connectivity index (χ4v) is 3.72. The number of para-hydroxylation sites is 1. The van der Waals surface area contributed by atoms with Gasteiger partial charge in [0.1, 0.15) is 0 Å². The molecule has 2 aromatic rings. The molecule has 3 rings (SSSR count). The van der Waals surface area contributed by atoms with E-state index in [0.29, 0.717) is 19.0 Å². The molecular weight excluding hydrogens is 310 g/mol. The quantitative estimate of drug-likeness (QED) is 0.800. The molecule has 1 fully saturated rings. The largest absolute Gasteiger partial charge is 0.312 e. The maximum absolute atomic E-state index is 12.8. The predicted octanol–water partition coefficient (Wildman–Crippen LogP) is 3.97. The molecule has 0 aliphatic carbocycles. The number of rotatable bonds is 6. The van der Waals surface area contributed by atoms with Crippen molar-refractivity contribution in [3.8, 4) is 0 Å². The van der Waals surface area contributed by atoms with Crippen LogP contribution in [0.2, 0.25) is 0 Å². The fraction of sp³-hybridized carbons (Fsp3) is 0.429. The number of pyridine rings is 1. The van der Waals surface area contributed by atoms with Gasteiger partial charge in [-0.15, -0.1) is 0 Å². The van der Waals surface area contributed by atoms with E-state index in [1.807, 2.05) is 48.4 Å². The van der Waals surface area contributed by atoms with Crippen molar-refractivity contribution >= 4 is 11.6 Å². The van der Waals surface area contributed by atoms with Gasteiger partial charge >= 0.3 is 0 Å². The van der Waals surface area contributed by atoms with Crippen molar-refractivity contribution in [3.05, 3.63) is 59.9 Å². The second kappa shape index (κ2) is 8.26. The van der Waals surface area contributed by atoms with Gasteiger partial charge in [-0.05, 0) is 57.0 Å². The van der Waals surface area contributed by atoms with Gasteiger partial charge in [0.25, 0.3) is 0 Å². The maximum atomic E-state index is 12.8. The van der Waals surface area contributed by atoms with E-state index in [1.54, 1.807) is 0 Å². The van der Waals surface area contributed by atoms with Crippen LogP contribution in [0.5, 0.6) is 0 Å². The average molecular weight is 337 g/mol. The summed E-state index contributed by atoms with van der Waals surface area (Å²) >= 11 is 0. The number of hydrogen-bond donors (Lipinski definition) is 0. The van der Waals surface area contributed by atoms with Crippen LogP contribution >= 0.6 is 0 Å². The Morgan fingerprint density at radius 1 is 1.24 bits per heavy atom. The first-order valence-electron chi connectivity index (χ1n) is 9.21. The van der Waals surface area contributed by atoms with Gasteiger partial charge in [-0.1, -0.05) is 24.3 Å². The molecule has 0 unspecified atom stereocenters. The summed E-state index contributed by atoms with van der Waals surface area (Å²) in [6, 6.07) is 14.5. The molecule has 4 nitrogen and oxygen atoms in total. The van der Waals surface area contributed by atoms with Gasteiger partial charge in [0.15, 0.2) is 0 Å². The van der Waals surface area contributed by atoms with Crippen molar-refractivity contribution in [2.24, 2.45) is 0 Å². The molecule has 1 aliphatic heterocycles. The molecule has 1 amide bonds. The highest BCUT2D eigenvalue weighted by molar-refractivity contribution is 5.94. The van der Waals surface area contributed by atoms with Gasteiger partial charge < -0.3 is 4.90 Å². The van der Waals surface area contributed by atoms with Gasteiger partial charge in [0, 0.05) is 31.4 Å². The van der Waals surface area contributed by atoms with Gasteiger partial charge in [0.05, 0.1) is 11.7 Å². The molecule has 1 saturated heterocycles. The van der Waals surface area contributed by atoms with Crippen molar-refractivity contribution in [1.29, 1.82) is 0 Å². The number of anilines is 1. The summed E-state index contributed by atoms with van der Waals surface area (Å²) in [5.41, 5.74) is 3.29. The van der Waals surface area contributed by atoms with Gasteiger partial charge in [-0.25, -0.2) is 0 Å². The molecule has 0 radical (unpaired) electrons. The Kier molecular flexibility index (Phi) is 5.82. The third-order valence-electron chi connectivity index (χ3n) is 5.03. The minimum absolute atomic E-state index is 0.198.